The number of hydrogen-bond donors (Lipinski definition) is 2. The van der Waals surface area contributed by atoms with E-state index in [1.807, 2.05) is 0 Å². The largest absolute Gasteiger partial charge is 0.271 e. The summed E-state index contributed by atoms with van der Waals surface area (Å²) < 4.78 is 0. The van der Waals surface area contributed by atoms with Gasteiger partial charge in [-0.2, -0.15) is 0 Å². The van der Waals surface area contributed by atoms with Crippen molar-refractivity contribution in [2.24, 2.45) is 5.84 Å². The van der Waals surface area contributed by atoms with E-state index in [1.165, 1.54) is 68.1 Å². The Morgan fingerprint density at radius 1 is 0.857 bits per heavy atom. The average molecular weight is 290 g/mol. The molecule has 0 aliphatic rings. The van der Waals surface area contributed by atoms with E-state index in [2.05, 4.69) is 44.4 Å². The highest BCUT2D eigenvalue weighted by molar-refractivity contribution is 5.30. The zero-order valence-electron chi connectivity index (χ0n) is 14.3. The molecule has 120 valence electrons. The molecule has 1 aromatic rings. The molecule has 0 heterocycles. The highest BCUT2D eigenvalue weighted by atomic mass is 15.2. The van der Waals surface area contributed by atoms with Crippen molar-refractivity contribution in [1.82, 2.24) is 5.43 Å². The van der Waals surface area contributed by atoms with Gasteiger partial charge >= 0.3 is 0 Å². The van der Waals surface area contributed by atoms with E-state index in [9.17, 15) is 0 Å². The summed E-state index contributed by atoms with van der Waals surface area (Å²) in [4.78, 5) is 0. The predicted octanol–water partition coefficient (Wildman–Crippen LogP) is 5.34. The van der Waals surface area contributed by atoms with E-state index in [-0.39, 0.29) is 0 Å². The number of hydrogen-bond acceptors (Lipinski definition) is 2. The first kappa shape index (κ1) is 18.2. The second kappa shape index (κ2) is 10.8. The minimum Gasteiger partial charge on any atom is -0.271 e. The quantitative estimate of drug-likeness (QED) is 0.328. The first-order chi connectivity index (χ1) is 10.2. The average Bonchev–Trinajstić information content (AvgIpc) is 2.44. The molecular weight excluding hydrogens is 256 g/mol. The van der Waals surface area contributed by atoms with E-state index in [0.717, 1.165) is 6.42 Å². The van der Waals surface area contributed by atoms with Gasteiger partial charge in [-0.15, -0.1) is 0 Å². The fraction of sp³-hybridized carbons (Fsp3) is 0.684. The Kier molecular flexibility index (Phi) is 9.36. The lowest BCUT2D eigenvalue weighted by Crippen LogP contribution is -2.28. The van der Waals surface area contributed by atoms with Crippen LogP contribution in [0.1, 0.15) is 87.4 Å². The van der Waals surface area contributed by atoms with Crippen LogP contribution in [-0.4, -0.2) is 0 Å². The molecule has 0 bridgehead atoms. The lowest BCUT2D eigenvalue weighted by atomic mass is 9.97. The zero-order valence-corrected chi connectivity index (χ0v) is 14.3. The van der Waals surface area contributed by atoms with E-state index in [1.54, 1.807) is 0 Å². The van der Waals surface area contributed by atoms with Crippen LogP contribution < -0.4 is 11.3 Å². The zero-order chi connectivity index (χ0) is 15.5. The molecule has 0 saturated heterocycles. The number of nitrogens with two attached hydrogens (primary N) is 1. The maximum absolute atomic E-state index is 5.75. The summed E-state index contributed by atoms with van der Waals surface area (Å²) in [5.74, 6) is 5.75. The van der Waals surface area contributed by atoms with Gasteiger partial charge in [0.15, 0.2) is 0 Å². The predicted molar refractivity (Wildman–Crippen MR) is 93.2 cm³/mol. The summed E-state index contributed by atoms with van der Waals surface area (Å²) in [6.45, 7) is 6.58. The minimum atomic E-state index is 0.295. The molecule has 1 atom stereocenters. The summed E-state index contributed by atoms with van der Waals surface area (Å²) in [5, 5.41) is 0. The maximum atomic E-state index is 5.75. The van der Waals surface area contributed by atoms with Crippen molar-refractivity contribution in [3.05, 3.63) is 34.9 Å². The molecule has 0 amide bonds. The van der Waals surface area contributed by atoms with Crippen LogP contribution >= 0.6 is 0 Å². The third kappa shape index (κ3) is 7.63. The molecule has 0 aliphatic carbocycles. The summed E-state index contributed by atoms with van der Waals surface area (Å²) in [5.41, 5.74) is 6.96. The van der Waals surface area contributed by atoms with Crippen molar-refractivity contribution < 1.29 is 0 Å². The first-order valence-electron chi connectivity index (χ1n) is 8.71. The van der Waals surface area contributed by atoms with E-state index >= 15 is 0 Å². The Labute approximate surface area is 131 Å². The first-order valence-corrected chi connectivity index (χ1v) is 8.71. The van der Waals surface area contributed by atoms with Gasteiger partial charge in [0.25, 0.3) is 0 Å². The molecule has 0 fully saturated rings. The third-order valence-electron chi connectivity index (χ3n) is 4.19. The van der Waals surface area contributed by atoms with Crippen LogP contribution in [0.15, 0.2) is 18.2 Å². The van der Waals surface area contributed by atoms with Crippen molar-refractivity contribution in [2.75, 3.05) is 0 Å². The molecule has 0 aliphatic heterocycles. The van der Waals surface area contributed by atoms with Gasteiger partial charge in [0.2, 0.25) is 0 Å². The van der Waals surface area contributed by atoms with Crippen molar-refractivity contribution in [1.29, 1.82) is 0 Å². The van der Waals surface area contributed by atoms with Gasteiger partial charge in [-0.1, -0.05) is 87.6 Å². The van der Waals surface area contributed by atoms with Crippen LogP contribution in [0.4, 0.5) is 0 Å². The Balaban J connectivity index is 2.25. The van der Waals surface area contributed by atoms with Crippen LogP contribution in [0.3, 0.4) is 0 Å². The molecule has 2 nitrogen and oxygen atoms in total. The molecule has 3 N–H and O–H groups in total. The summed E-state index contributed by atoms with van der Waals surface area (Å²) in [6.07, 6.45) is 12.0. The molecule has 0 spiro atoms. The van der Waals surface area contributed by atoms with Gasteiger partial charge in [-0.3, -0.25) is 11.3 Å². The molecule has 1 aromatic carbocycles. The van der Waals surface area contributed by atoms with Crippen molar-refractivity contribution >= 4 is 0 Å². The Morgan fingerprint density at radius 3 is 1.90 bits per heavy atom. The van der Waals surface area contributed by atoms with Gasteiger partial charge in [0.05, 0.1) is 0 Å². The van der Waals surface area contributed by atoms with Gasteiger partial charge in [-0.05, 0) is 25.8 Å². The second-order valence-electron chi connectivity index (χ2n) is 6.40. The van der Waals surface area contributed by atoms with Crippen molar-refractivity contribution in [2.45, 2.75) is 84.6 Å². The van der Waals surface area contributed by atoms with Crippen LogP contribution in [0.2, 0.25) is 0 Å². The van der Waals surface area contributed by atoms with Crippen molar-refractivity contribution in [3.63, 3.8) is 0 Å². The van der Waals surface area contributed by atoms with E-state index in [0.29, 0.717) is 6.04 Å². The molecular formula is C19H34N2. The topological polar surface area (TPSA) is 38.0 Å². The normalized spacial score (nSPS) is 12.6. The molecule has 1 rings (SSSR count). The smallest absolute Gasteiger partial charge is 0.0460 e. The summed E-state index contributed by atoms with van der Waals surface area (Å²) in [6, 6.07) is 7.02. The standard InChI is InChI=1S/C19H34N2/c1-4-5-6-7-8-9-10-11-12-19(21-20)18-14-16(2)13-17(3)15-18/h13-15,19,21H,4-12,20H2,1-3H3. The molecule has 0 radical (unpaired) electrons. The molecule has 21 heavy (non-hydrogen) atoms. The van der Waals surface area contributed by atoms with Gasteiger partial charge < -0.3 is 0 Å². The van der Waals surface area contributed by atoms with Gasteiger partial charge in [0.1, 0.15) is 0 Å². The number of nitrogens with one attached hydrogen (secondary N) is 1. The van der Waals surface area contributed by atoms with Crippen LogP contribution in [0.5, 0.6) is 0 Å². The van der Waals surface area contributed by atoms with Crippen LogP contribution in [0.25, 0.3) is 0 Å². The molecule has 0 aromatic heterocycles. The number of hydrazine groups is 1. The fourth-order valence-electron chi connectivity index (χ4n) is 3.04. The Hall–Kier alpha value is -0.860. The number of benzene rings is 1. The van der Waals surface area contributed by atoms with Crippen LogP contribution in [0, 0.1) is 13.8 Å². The number of rotatable bonds is 11. The maximum Gasteiger partial charge on any atom is 0.0460 e. The fourth-order valence-corrected chi connectivity index (χ4v) is 3.04. The van der Waals surface area contributed by atoms with E-state index < -0.39 is 0 Å². The lowest BCUT2D eigenvalue weighted by Gasteiger charge is -2.17. The SMILES string of the molecule is CCCCCCCCCCC(NN)c1cc(C)cc(C)c1. The highest BCUT2D eigenvalue weighted by Crippen LogP contribution is 2.22. The van der Waals surface area contributed by atoms with Gasteiger partial charge in [0, 0.05) is 6.04 Å². The molecule has 2 heteroatoms. The monoisotopic (exact) mass is 290 g/mol. The summed E-state index contributed by atoms with van der Waals surface area (Å²) in [7, 11) is 0. The van der Waals surface area contributed by atoms with E-state index in [4.69, 9.17) is 5.84 Å². The molecule has 1 unspecified atom stereocenters. The summed E-state index contributed by atoms with van der Waals surface area (Å²) >= 11 is 0. The lowest BCUT2D eigenvalue weighted by molar-refractivity contribution is 0.474. The Morgan fingerprint density at radius 2 is 1.38 bits per heavy atom. The van der Waals surface area contributed by atoms with Gasteiger partial charge in [-0.25, -0.2) is 0 Å². The number of aryl methyl sites for hydroxylation is 2. The van der Waals surface area contributed by atoms with Crippen LogP contribution in [-0.2, 0) is 0 Å². The highest BCUT2D eigenvalue weighted by Gasteiger charge is 2.10. The second-order valence-corrected chi connectivity index (χ2v) is 6.40. The Bertz CT molecular complexity index is 367. The number of unbranched alkanes of at least 4 members (excludes halogenated alkanes) is 7. The minimum absolute atomic E-state index is 0.295. The van der Waals surface area contributed by atoms with Crippen molar-refractivity contribution in [3.8, 4) is 0 Å². The third-order valence-corrected chi connectivity index (χ3v) is 4.19. The molecule has 0 saturated carbocycles.